The van der Waals surface area contributed by atoms with Gasteiger partial charge in [0.15, 0.2) is 0 Å². The van der Waals surface area contributed by atoms with Crippen LogP contribution in [0.2, 0.25) is 5.02 Å². The lowest BCUT2D eigenvalue weighted by atomic mass is 10.1. The van der Waals surface area contributed by atoms with Crippen molar-refractivity contribution in [3.63, 3.8) is 0 Å². The first-order chi connectivity index (χ1) is 8.79. The second kappa shape index (κ2) is 5.36. The molecule has 0 bridgehead atoms. The second-order valence-corrected chi connectivity index (χ2v) is 7.12. The molecule has 0 radical (unpaired) electrons. The number of likely N-dealkylation sites (N-methyl/N-ethyl adjacent to an activating group) is 1. The zero-order chi connectivity index (χ0) is 14.2. The molecular formula is C12H16ClFN2O2S. The lowest BCUT2D eigenvalue weighted by molar-refractivity contribution is 0.400. The number of rotatable bonds is 3. The van der Waals surface area contributed by atoms with Crippen molar-refractivity contribution in [1.29, 1.82) is 0 Å². The number of benzene rings is 1. The molecule has 0 saturated carbocycles. The number of nitrogens with one attached hydrogen (secondary N) is 1. The van der Waals surface area contributed by atoms with Gasteiger partial charge >= 0.3 is 0 Å². The van der Waals surface area contributed by atoms with Crippen LogP contribution in [0.1, 0.15) is 6.92 Å². The summed E-state index contributed by atoms with van der Waals surface area (Å²) in [6.45, 7) is 3.40. The van der Waals surface area contributed by atoms with E-state index in [1.807, 2.05) is 18.9 Å². The normalized spacial score (nSPS) is 24.8. The van der Waals surface area contributed by atoms with Crippen LogP contribution in [-0.2, 0) is 10.0 Å². The van der Waals surface area contributed by atoms with E-state index in [0.717, 1.165) is 12.6 Å². The van der Waals surface area contributed by atoms with Crippen LogP contribution in [0, 0.1) is 11.7 Å². The highest BCUT2D eigenvalue weighted by Gasteiger charge is 2.32. The van der Waals surface area contributed by atoms with Gasteiger partial charge in [0, 0.05) is 24.2 Å². The Morgan fingerprint density at radius 3 is 2.63 bits per heavy atom. The first-order valence-electron chi connectivity index (χ1n) is 5.95. The van der Waals surface area contributed by atoms with Crippen molar-refractivity contribution in [3.8, 4) is 0 Å². The minimum atomic E-state index is -3.86. The van der Waals surface area contributed by atoms with E-state index in [4.69, 9.17) is 11.6 Å². The predicted molar refractivity (Wildman–Crippen MR) is 72.2 cm³/mol. The van der Waals surface area contributed by atoms with Crippen molar-refractivity contribution >= 4 is 21.6 Å². The van der Waals surface area contributed by atoms with Crippen molar-refractivity contribution in [2.24, 2.45) is 5.92 Å². The quantitative estimate of drug-likeness (QED) is 0.925. The molecule has 1 aliphatic heterocycles. The molecular weight excluding hydrogens is 291 g/mol. The minimum Gasteiger partial charge on any atom is -0.304 e. The van der Waals surface area contributed by atoms with Crippen LogP contribution in [-0.4, -0.2) is 39.5 Å². The van der Waals surface area contributed by atoms with Crippen molar-refractivity contribution in [2.45, 2.75) is 17.9 Å². The summed E-state index contributed by atoms with van der Waals surface area (Å²) in [5.74, 6) is -0.644. The first-order valence-corrected chi connectivity index (χ1v) is 7.81. The summed E-state index contributed by atoms with van der Waals surface area (Å²) in [5.41, 5.74) is 0. The lowest BCUT2D eigenvalue weighted by Crippen LogP contribution is -2.39. The molecule has 2 rings (SSSR count). The van der Waals surface area contributed by atoms with Gasteiger partial charge < -0.3 is 4.90 Å². The molecule has 1 N–H and O–H groups in total. The first kappa shape index (κ1) is 14.7. The zero-order valence-electron chi connectivity index (χ0n) is 10.7. The van der Waals surface area contributed by atoms with E-state index in [9.17, 15) is 12.8 Å². The molecule has 1 aromatic rings. The largest absolute Gasteiger partial charge is 0.304 e. The third-order valence-corrected chi connectivity index (χ3v) is 5.04. The van der Waals surface area contributed by atoms with Crippen molar-refractivity contribution in [3.05, 3.63) is 29.0 Å². The molecule has 106 valence electrons. The maximum atomic E-state index is 13.7. The fourth-order valence-corrected chi connectivity index (χ4v) is 3.87. The van der Waals surface area contributed by atoms with E-state index < -0.39 is 15.8 Å². The van der Waals surface area contributed by atoms with E-state index in [0.29, 0.717) is 6.54 Å². The Kier molecular flexibility index (Phi) is 4.15. The molecule has 1 aromatic carbocycles. The molecule has 0 aliphatic carbocycles. The molecule has 1 aliphatic rings. The summed E-state index contributed by atoms with van der Waals surface area (Å²) in [4.78, 5) is 1.68. The Morgan fingerprint density at radius 1 is 1.42 bits per heavy atom. The highest BCUT2D eigenvalue weighted by atomic mass is 35.5. The molecule has 1 heterocycles. The Hall–Kier alpha value is -0.690. The molecule has 4 nitrogen and oxygen atoms in total. The molecule has 0 unspecified atom stereocenters. The summed E-state index contributed by atoms with van der Waals surface area (Å²) in [6, 6.07) is 3.35. The Morgan fingerprint density at radius 2 is 2.11 bits per heavy atom. The lowest BCUT2D eigenvalue weighted by Gasteiger charge is -2.17. The summed E-state index contributed by atoms with van der Waals surface area (Å²) in [7, 11) is -1.93. The molecule has 2 atom stereocenters. The Bertz CT molecular complexity index is 579. The van der Waals surface area contributed by atoms with E-state index in [2.05, 4.69) is 4.72 Å². The molecule has 1 saturated heterocycles. The number of likely N-dealkylation sites (tertiary alicyclic amines) is 1. The van der Waals surface area contributed by atoms with E-state index >= 15 is 0 Å². The SMILES string of the molecule is C[C@@H]1CN(C)C[C@@H]1NS(=O)(=O)c1ccc(Cl)cc1F. The molecule has 1 fully saturated rings. The van der Waals surface area contributed by atoms with Crippen LogP contribution >= 0.6 is 11.6 Å². The van der Waals surface area contributed by atoms with E-state index in [-0.39, 0.29) is 21.9 Å². The number of sulfonamides is 1. The van der Waals surface area contributed by atoms with Gasteiger partial charge in [-0.2, -0.15) is 0 Å². The maximum Gasteiger partial charge on any atom is 0.243 e. The topological polar surface area (TPSA) is 49.4 Å². The van der Waals surface area contributed by atoms with Gasteiger partial charge in [-0.25, -0.2) is 17.5 Å². The van der Waals surface area contributed by atoms with Gasteiger partial charge in [-0.05, 0) is 31.2 Å². The molecule has 0 aromatic heterocycles. The van der Waals surface area contributed by atoms with Crippen LogP contribution in [0.3, 0.4) is 0 Å². The number of hydrogen-bond donors (Lipinski definition) is 1. The molecule has 19 heavy (non-hydrogen) atoms. The van der Waals surface area contributed by atoms with Crippen LogP contribution in [0.25, 0.3) is 0 Å². The number of nitrogens with zero attached hydrogens (tertiary/aromatic N) is 1. The standard InChI is InChI=1S/C12H16ClFN2O2S/c1-8-6-16(2)7-11(8)15-19(17,18)12-4-3-9(13)5-10(12)14/h3-5,8,11,15H,6-7H2,1-2H3/t8-,11+/m1/s1. The average molecular weight is 307 g/mol. The third kappa shape index (κ3) is 3.25. The molecule has 7 heteroatoms. The van der Waals surface area contributed by atoms with Gasteiger partial charge in [-0.15, -0.1) is 0 Å². The monoisotopic (exact) mass is 306 g/mol. The number of hydrogen-bond acceptors (Lipinski definition) is 3. The van der Waals surface area contributed by atoms with Crippen molar-refractivity contribution < 1.29 is 12.8 Å². The maximum absolute atomic E-state index is 13.7. The van der Waals surface area contributed by atoms with Gasteiger partial charge in [0.2, 0.25) is 10.0 Å². The summed E-state index contributed by atoms with van der Waals surface area (Å²) in [5, 5.41) is 0.172. The van der Waals surface area contributed by atoms with Gasteiger partial charge in [0.25, 0.3) is 0 Å². The van der Waals surface area contributed by atoms with Gasteiger partial charge in [0.05, 0.1) is 0 Å². The minimum absolute atomic E-state index is 0.172. The van der Waals surface area contributed by atoms with E-state index in [1.165, 1.54) is 12.1 Å². The highest BCUT2D eigenvalue weighted by molar-refractivity contribution is 7.89. The van der Waals surface area contributed by atoms with Crippen molar-refractivity contribution in [1.82, 2.24) is 9.62 Å². The van der Waals surface area contributed by atoms with Gasteiger partial charge in [0.1, 0.15) is 10.7 Å². The van der Waals surface area contributed by atoms with Gasteiger partial charge in [-0.3, -0.25) is 0 Å². The van der Waals surface area contributed by atoms with Crippen molar-refractivity contribution in [2.75, 3.05) is 20.1 Å². The van der Waals surface area contributed by atoms with Crippen LogP contribution in [0.5, 0.6) is 0 Å². The zero-order valence-corrected chi connectivity index (χ0v) is 12.3. The summed E-state index contributed by atoms with van der Waals surface area (Å²) in [6.07, 6.45) is 0. The number of halogens is 2. The van der Waals surface area contributed by atoms with E-state index in [1.54, 1.807) is 0 Å². The Balaban J connectivity index is 2.23. The summed E-state index contributed by atoms with van der Waals surface area (Å²) < 4.78 is 40.6. The molecule has 0 amide bonds. The fraction of sp³-hybridized carbons (Fsp3) is 0.500. The fourth-order valence-electron chi connectivity index (χ4n) is 2.32. The van der Waals surface area contributed by atoms with Crippen LogP contribution in [0.15, 0.2) is 23.1 Å². The smallest absolute Gasteiger partial charge is 0.243 e. The third-order valence-electron chi connectivity index (χ3n) is 3.28. The molecule has 0 spiro atoms. The second-order valence-electron chi connectivity index (χ2n) is 5.00. The van der Waals surface area contributed by atoms with Crippen LogP contribution in [0.4, 0.5) is 4.39 Å². The Labute approximate surface area is 117 Å². The van der Waals surface area contributed by atoms with Gasteiger partial charge in [-0.1, -0.05) is 18.5 Å². The van der Waals surface area contributed by atoms with Crippen LogP contribution < -0.4 is 4.72 Å². The highest BCUT2D eigenvalue weighted by Crippen LogP contribution is 2.21. The predicted octanol–water partition coefficient (Wildman–Crippen LogP) is 1.71. The average Bonchev–Trinajstić information content (AvgIpc) is 2.55. The summed E-state index contributed by atoms with van der Waals surface area (Å²) >= 11 is 5.62.